The highest BCUT2D eigenvalue weighted by atomic mass is 79.9. The zero-order chi connectivity index (χ0) is 20.0. The molecule has 0 spiro atoms. The van der Waals surface area contributed by atoms with Gasteiger partial charge in [-0.3, -0.25) is 9.10 Å². The van der Waals surface area contributed by atoms with Gasteiger partial charge in [-0.2, -0.15) is 0 Å². The fraction of sp³-hybridized carbons (Fsp3) is 0.316. The summed E-state index contributed by atoms with van der Waals surface area (Å²) in [5.41, 5.74) is 0.281. The van der Waals surface area contributed by atoms with Crippen LogP contribution in [0.5, 0.6) is 5.75 Å². The van der Waals surface area contributed by atoms with Crippen LogP contribution >= 0.6 is 15.9 Å². The van der Waals surface area contributed by atoms with Crippen molar-refractivity contribution in [3.05, 3.63) is 53.0 Å². The first-order valence-electron chi connectivity index (χ1n) is 8.45. The highest BCUT2D eigenvalue weighted by Gasteiger charge is 2.30. The second kappa shape index (κ2) is 9.23. The van der Waals surface area contributed by atoms with Gasteiger partial charge in [0, 0.05) is 4.47 Å². The smallest absolute Gasteiger partial charge is 0.327 e. The van der Waals surface area contributed by atoms with Gasteiger partial charge in [-0.05, 0) is 57.2 Å². The number of para-hydroxylation sites is 2. The van der Waals surface area contributed by atoms with Gasteiger partial charge in [0.1, 0.15) is 12.3 Å². The quantitative estimate of drug-likeness (QED) is 0.562. The fourth-order valence-electron chi connectivity index (χ4n) is 2.39. The van der Waals surface area contributed by atoms with Crippen molar-refractivity contribution in [2.45, 2.75) is 31.8 Å². The third-order valence-corrected chi connectivity index (χ3v) is 5.78. The Morgan fingerprint density at radius 2 is 1.74 bits per heavy atom. The minimum atomic E-state index is -4.01. The van der Waals surface area contributed by atoms with Crippen molar-refractivity contribution in [3.63, 3.8) is 0 Å². The number of esters is 1. The van der Waals surface area contributed by atoms with Gasteiger partial charge in [0.25, 0.3) is 10.0 Å². The van der Waals surface area contributed by atoms with Gasteiger partial charge >= 0.3 is 5.97 Å². The predicted molar refractivity (Wildman–Crippen MR) is 108 cm³/mol. The molecule has 0 atom stereocenters. The van der Waals surface area contributed by atoms with E-state index in [0.717, 1.165) is 8.78 Å². The molecule has 0 fully saturated rings. The van der Waals surface area contributed by atoms with E-state index in [2.05, 4.69) is 15.9 Å². The number of carbonyl (C=O) groups excluding carboxylic acids is 1. The first-order valence-corrected chi connectivity index (χ1v) is 10.7. The average molecular weight is 456 g/mol. The molecule has 0 amide bonds. The van der Waals surface area contributed by atoms with Crippen LogP contribution in [0, 0.1) is 0 Å². The normalized spacial score (nSPS) is 11.3. The maximum Gasteiger partial charge on any atom is 0.327 e. The Labute approximate surface area is 168 Å². The molecule has 0 saturated heterocycles. The molecular weight excluding hydrogens is 434 g/mol. The van der Waals surface area contributed by atoms with Crippen molar-refractivity contribution in [1.82, 2.24) is 0 Å². The minimum absolute atomic E-state index is 0.0642. The summed E-state index contributed by atoms with van der Waals surface area (Å²) in [7, 11) is -4.01. The minimum Gasteiger partial charge on any atom is -0.492 e. The van der Waals surface area contributed by atoms with E-state index in [1.54, 1.807) is 57.2 Å². The molecule has 0 aliphatic heterocycles. The largest absolute Gasteiger partial charge is 0.492 e. The molecule has 2 aromatic carbocycles. The first kappa shape index (κ1) is 21.2. The number of rotatable bonds is 8. The molecule has 0 saturated carbocycles. The number of carbonyl (C=O) groups is 1. The summed E-state index contributed by atoms with van der Waals surface area (Å²) in [5.74, 6) is -0.268. The van der Waals surface area contributed by atoms with Crippen LogP contribution in [0.15, 0.2) is 57.9 Å². The molecule has 0 aliphatic carbocycles. The van der Waals surface area contributed by atoms with E-state index in [0.29, 0.717) is 12.4 Å². The van der Waals surface area contributed by atoms with Crippen LogP contribution in [0.25, 0.3) is 0 Å². The third kappa shape index (κ3) is 5.46. The number of halogens is 1. The number of benzene rings is 2. The molecule has 0 heterocycles. The zero-order valence-electron chi connectivity index (χ0n) is 15.4. The summed E-state index contributed by atoms with van der Waals surface area (Å²) >= 11 is 3.29. The van der Waals surface area contributed by atoms with Crippen molar-refractivity contribution in [1.29, 1.82) is 0 Å². The van der Waals surface area contributed by atoms with E-state index < -0.39 is 22.5 Å². The van der Waals surface area contributed by atoms with Crippen LogP contribution < -0.4 is 9.04 Å². The lowest BCUT2D eigenvalue weighted by atomic mass is 10.3. The van der Waals surface area contributed by atoms with Crippen LogP contribution in [0.1, 0.15) is 20.8 Å². The molecule has 0 aromatic heterocycles. The summed E-state index contributed by atoms with van der Waals surface area (Å²) in [6.45, 7) is 5.12. The molecule has 2 rings (SSSR count). The standard InChI is InChI=1S/C19H22BrNO5S/c1-4-25-18-8-6-5-7-17(18)21(13-19(22)26-14(2)3)27(23,24)16-11-9-15(20)10-12-16/h5-12,14H,4,13H2,1-3H3. The molecule has 2 aromatic rings. The molecular formula is C19H22BrNO5S. The Morgan fingerprint density at radius 3 is 2.33 bits per heavy atom. The average Bonchev–Trinajstić information content (AvgIpc) is 2.60. The van der Waals surface area contributed by atoms with Crippen LogP contribution in [0.4, 0.5) is 5.69 Å². The lowest BCUT2D eigenvalue weighted by Gasteiger charge is -2.26. The Bertz CT molecular complexity index is 881. The van der Waals surface area contributed by atoms with Crippen molar-refractivity contribution < 1.29 is 22.7 Å². The molecule has 0 bridgehead atoms. The summed E-state index contributed by atoms with van der Waals surface area (Å²) in [5, 5.41) is 0. The topological polar surface area (TPSA) is 72.9 Å². The van der Waals surface area contributed by atoms with Crippen LogP contribution in [0.2, 0.25) is 0 Å². The van der Waals surface area contributed by atoms with Gasteiger partial charge in [0.2, 0.25) is 0 Å². The van der Waals surface area contributed by atoms with Crippen molar-refractivity contribution in [3.8, 4) is 5.75 Å². The van der Waals surface area contributed by atoms with Gasteiger partial charge in [-0.15, -0.1) is 0 Å². The second-order valence-electron chi connectivity index (χ2n) is 5.90. The van der Waals surface area contributed by atoms with Gasteiger partial charge < -0.3 is 9.47 Å². The molecule has 6 nitrogen and oxygen atoms in total. The van der Waals surface area contributed by atoms with Crippen LogP contribution in [-0.2, 0) is 19.6 Å². The molecule has 0 N–H and O–H groups in total. The SMILES string of the molecule is CCOc1ccccc1N(CC(=O)OC(C)C)S(=O)(=O)c1ccc(Br)cc1. The summed E-state index contributed by atoms with van der Waals surface area (Å²) in [6, 6.07) is 12.9. The number of nitrogens with zero attached hydrogens (tertiary/aromatic N) is 1. The van der Waals surface area contributed by atoms with Crippen molar-refractivity contribution in [2.24, 2.45) is 0 Å². The maximum atomic E-state index is 13.3. The number of sulfonamides is 1. The van der Waals surface area contributed by atoms with Gasteiger partial charge in [0.05, 0.1) is 23.3 Å². The number of ether oxygens (including phenoxy) is 2. The first-order chi connectivity index (χ1) is 12.8. The lowest BCUT2D eigenvalue weighted by Crippen LogP contribution is -2.37. The fourth-order valence-corrected chi connectivity index (χ4v) is 4.08. The van der Waals surface area contributed by atoms with Crippen molar-refractivity contribution >= 4 is 37.6 Å². The molecule has 0 unspecified atom stereocenters. The highest BCUT2D eigenvalue weighted by Crippen LogP contribution is 2.32. The summed E-state index contributed by atoms with van der Waals surface area (Å²) in [6.07, 6.45) is -0.350. The summed E-state index contributed by atoms with van der Waals surface area (Å²) in [4.78, 5) is 12.3. The summed E-state index contributed by atoms with van der Waals surface area (Å²) < 4.78 is 39.0. The Kier molecular flexibility index (Phi) is 7.26. The third-order valence-electron chi connectivity index (χ3n) is 3.48. The highest BCUT2D eigenvalue weighted by molar-refractivity contribution is 9.10. The van der Waals surface area contributed by atoms with E-state index in [1.807, 2.05) is 0 Å². The number of anilines is 1. The van der Waals surface area contributed by atoms with E-state index in [-0.39, 0.29) is 16.7 Å². The molecule has 146 valence electrons. The van der Waals surface area contributed by atoms with E-state index in [9.17, 15) is 13.2 Å². The zero-order valence-corrected chi connectivity index (χ0v) is 17.8. The van der Waals surface area contributed by atoms with Crippen LogP contribution in [0.3, 0.4) is 0 Å². The number of hydrogen-bond acceptors (Lipinski definition) is 5. The van der Waals surface area contributed by atoms with Crippen molar-refractivity contribution in [2.75, 3.05) is 17.5 Å². The van der Waals surface area contributed by atoms with E-state index in [4.69, 9.17) is 9.47 Å². The second-order valence-corrected chi connectivity index (χ2v) is 8.68. The van der Waals surface area contributed by atoms with Gasteiger partial charge in [-0.1, -0.05) is 28.1 Å². The van der Waals surface area contributed by atoms with Crippen LogP contribution in [-0.4, -0.2) is 33.6 Å². The molecule has 0 radical (unpaired) electrons. The van der Waals surface area contributed by atoms with Gasteiger partial charge in [-0.25, -0.2) is 8.42 Å². The monoisotopic (exact) mass is 455 g/mol. The lowest BCUT2D eigenvalue weighted by molar-refractivity contribution is -0.145. The molecule has 0 aliphatic rings. The Balaban J connectivity index is 2.53. The maximum absolute atomic E-state index is 13.3. The molecule has 27 heavy (non-hydrogen) atoms. The number of hydrogen-bond donors (Lipinski definition) is 0. The molecule has 8 heteroatoms. The Morgan fingerprint density at radius 1 is 1.11 bits per heavy atom. The van der Waals surface area contributed by atoms with E-state index in [1.165, 1.54) is 12.1 Å². The Hall–Kier alpha value is -2.06. The predicted octanol–water partition coefficient (Wildman–Crippen LogP) is 3.99. The van der Waals surface area contributed by atoms with E-state index >= 15 is 0 Å². The van der Waals surface area contributed by atoms with Gasteiger partial charge in [0.15, 0.2) is 0 Å².